The SMILES string of the molecule is CCCCCCCCCCCOC(=O)c1ccccc1C(=O)OC(CC)CCC. The Bertz CT molecular complexity index is 582. The van der Waals surface area contributed by atoms with Gasteiger partial charge in [0.2, 0.25) is 0 Å². The van der Waals surface area contributed by atoms with Gasteiger partial charge in [-0.25, -0.2) is 9.59 Å². The van der Waals surface area contributed by atoms with Crippen LogP contribution in [0.3, 0.4) is 0 Å². The summed E-state index contributed by atoms with van der Waals surface area (Å²) >= 11 is 0. The Morgan fingerprint density at radius 2 is 1.31 bits per heavy atom. The van der Waals surface area contributed by atoms with Crippen LogP contribution >= 0.6 is 0 Å². The van der Waals surface area contributed by atoms with Gasteiger partial charge in [-0.3, -0.25) is 0 Å². The van der Waals surface area contributed by atoms with E-state index in [4.69, 9.17) is 9.47 Å². The zero-order chi connectivity index (χ0) is 21.3. The van der Waals surface area contributed by atoms with Crippen LogP contribution in [-0.2, 0) is 9.47 Å². The third kappa shape index (κ3) is 10.5. The summed E-state index contributed by atoms with van der Waals surface area (Å²) in [6.07, 6.45) is 13.4. The van der Waals surface area contributed by atoms with E-state index in [1.54, 1.807) is 24.3 Å². The lowest BCUT2D eigenvalue weighted by atomic mass is 10.1. The molecular weight excluding hydrogens is 364 g/mol. The molecule has 0 N–H and O–H groups in total. The molecule has 1 rings (SSSR count). The lowest BCUT2D eigenvalue weighted by molar-refractivity contribution is 0.0262. The van der Waals surface area contributed by atoms with Crippen LogP contribution in [0, 0.1) is 0 Å². The first-order valence-corrected chi connectivity index (χ1v) is 11.6. The third-order valence-corrected chi connectivity index (χ3v) is 5.19. The molecule has 29 heavy (non-hydrogen) atoms. The van der Waals surface area contributed by atoms with Crippen molar-refractivity contribution in [2.24, 2.45) is 0 Å². The molecule has 1 aromatic rings. The van der Waals surface area contributed by atoms with E-state index in [-0.39, 0.29) is 6.10 Å². The van der Waals surface area contributed by atoms with Gasteiger partial charge in [0.05, 0.1) is 17.7 Å². The summed E-state index contributed by atoms with van der Waals surface area (Å²) in [5.74, 6) is -0.887. The summed E-state index contributed by atoms with van der Waals surface area (Å²) in [5, 5.41) is 0. The normalized spacial score (nSPS) is 11.8. The number of ether oxygens (including phenoxy) is 2. The van der Waals surface area contributed by atoms with Gasteiger partial charge in [0.1, 0.15) is 6.10 Å². The van der Waals surface area contributed by atoms with Crippen LogP contribution in [0.5, 0.6) is 0 Å². The van der Waals surface area contributed by atoms with Crippen molar-refractivity contribution < 1.29 is 19.1 Å². The molecule has 0 saturated carbocycles. The summed E-state index contributed by atoms with van der Waals surface area (Å²) in [4.78, 5) is 25.0. The van der Waals surface area contributed by atoms with Crippen molar-refractivity contribution in [3.63, 3.8) is 0 Å². The van der Waals surface area contributed by atoms with E-state index >= 15 is 0 Å². The largest absolute Gasteiger partial charge is 0.462 e. The van der Waals surface area contributed by atoms with E-state index in [9.17, 15) is 9.59 Å². The smallest absolute Gasteiger partial charge is 0.339 e. The molecule has 0 heterocycles. The number of carbonyl (C=O) groups excluding carboxylic acids is 2. The molecule has 0 spiro atoms. The number of unbranched alkanes of at least 4 members (excludes halogenated alkanes) is 8. The highest BCUT2D eigenvalue weighted by molar-refractivity contribution is 6.03. The Balaban J connectivity index is 2.38. The van der Waals surface area contributed by atoms with Gasteiger partial charge in [0.15, 0.2) is 0 Å². The quantitative estimate of drug-likeness (QED) is 0.218. The first kappa shape index (κ1) is 25.2. The van der Waals surface area contributed by atoms with Gasteiger partial charge in [-0.2, -0.15) is 0 Å². The second-order valence-corrected chi connectivity index (χ2v) is 7.73. The molecule has 0 radical (unpaired) electrons. The van der Waals surface area contributed by atoms with Crippen LogP contribution in [0.4, 0.5) is 0 Å². The topological polar surface area (TPSA) is 52.6 Å². The van der Waals surface area contributed by atoms with E-state index in [0.717, 1.165) is 32.1 Å². The fourth-order valence-electron chi connectivity index (χ4n) is 3.38. The van der Waals surface area contributed by atoms with E-state index < -0.39 is 11.9 Å². The summed E-state index contributed by atoms with van der Waals surface area (Å²) in [7, 11) is 0. The molecule has 0 aliphatic heterocycles. The molecule has 4 nitrogen and oxygen atoms in total. The molecule has 4 heteroatoms. The Morgan fingerprint density at radius 3 is 1.86 bits per heavy atom. The van der Waals surface area contributed by atoms with Gasteiger partial charge >= 0.3 is 11.9 Å². The number of hydrogen-bond acceptors (Lipinski definition) is 4. The molecular formula is C25H40O4. The Morgan fingerprint density at radius 1 is 0.759 bits per heavy atom. The predicted octanol–water partition coefficient (Wildman–Crippen LogP) is 7.11. The zero-order valence-electron chi connectivity index (χ0n) is 18.7. The minimum atomic E-state index is -0.444. The Hall–Kier alpha value is -1.84. The number of benzene rings is 1. The second-order valence-electron chi connectivity index (χ2n) is 7.73. The zero-order valence-corrected chi connectivity index (χ0v) is 18.7. The summed E-state index contributed by atoms with van der Waals surface area (Å²) in [6, 6.07) is 6.76. The van der Waals surface area contributed by atoms with E-state index in [0.29, 0.717) is 17.7 Å². The van der Waals surface area contributed by atoms with Crippen LogP contribution in [0.15, 0.2) is 24.3 Å². The maximum absolute atomic E-state index is 12.5. The minimum Gasteiger partial charge on any atom is -0.462 e. The number of rotatable bonds is 16. The van der Waals surface area contributed by atoms with E-state index in [1.807, 2.05) is 6.92 Å². The highest BCUT2D eigenvalue weighted by Gasteiger charge is 2.21. The van der Waals surface area contributed by atoms with Gasteiger partial charge in [0.25, 0.3) is 0 Å². The summed E-state index contributed by atoms with van der Waals surface area (Å²) in [6.45, 7) is 6.69. The maximum Gasteiger partial charge on any atom is 0.339 e. The molecule has 0 aliphatic carbocycles. The molecule has 0 bridgehead atoms. The van der Waals surface area contributed by atoms with Crippen molar-refractivity contribution in [1.29, 1.82) is 0 Å². The summed E-state index contributed by atoms with van der Waals surface area (Å²) < 4.78 is 11.0. The van der Waals surface area contributed by atoms with Gasteiger partial charge in [-0.15, -0.1) is 0 Å². The molecule has 1 aromatic carbocycles. The number of esters is 2. The first-order chi connectivity index (χ1) is 14.1. The molecule has 0 saturated heterocycles. The minimum absolute atomic E-state index is 0.112. The van der Waals surface area contributed by atoms with Crippen molar-refractivity contribution in [2.75, 3.05) is 6.61 Å². The van der Waals surface area contributed by atoms with Gasteiger partial charge < -0.3 is 9.47 Å². The fourth-order valence-corrected chi connectivity index (χ4v) is 3.38. The average molecular weight is 405 g/mol. The van der Waals surface area contributed by atoms with Crippen molar-refractivity contribution in [1.82, 2.24) is 0 Å². The molecule has 1 atom stereocenters. The first-order valence-electron chi connectivity index (χ1n) is 11.6. The fraction of sp³-hybridized carbons (Fsp3) is 0.680. The van der Waals surface area contributed by atoms with Crippen LogP contribution < -0.4 is 0 Å². The van der Waals surface area contributed by atoms with Crippen molar-refractivity contribution >= 4 is 11.9 Å². The van der Waals surface area contributed by atoms with Gasteiger partial charge in [-0.1, -0.05) is 90.7 Å². The Labute approximate surface area is 177 Å². The number of carbonyl (C=O) groups is 2. The standard InChI is InChI=1S/C25H40O4/c1-4-7-8-9-10-11-12-13-16-20-28-24(26)22-18-14-15-19-23(22)25(27)29-21(6-3)17-5-2/h14-15,18-19,21H,4-13,16-17,20H2,1-3H3. The monoisotopic (exact) mass is 404 g/mol. The van der Waals surface area contributed by atoms with E-state index in [2.05, 4.69) is 13.8 Å². The summed E-state index contributed by atoms with van der Waals surface area (Å²) in [5.41, 5.74) is 0.582. The molecule has 1 unspecified atom stereocenters. The lowest BCUT2D eigenvalue weighted by Crippen LogP contribution is -2.20. The van der Waals surface area contributed by atoms with E-state index in [1.165, 1.54) is 44.9 Å². The highest BCUT2D eigenvalue weighted by atomic mass is 16.5. The molecule has 0 aromatic heterocycles. The van der Waals surface area contributed by atoms with Crippen molar-refractivity contribution in [2.45, 2.75) is 104 Å². The van der Waals surface area contributed by atoms with Crippen molar-refractivity contribution in [3.8, 4) is 0 Å². The average Bonchev–Trinajstić information content (AvgIpc) is 2.74. The number of hydrogen-bond donors (Lipinski definition) is 0. The molecule has 0 fully saturated rings. The lowest BCUT2D eigenvalue weighted by Gasteiger charge is -2.16. The predicted molar refractivity (Wildman–Crippen MR) is 118 cm³/mol. The van der Waals surface area contributed by atoms with Gasteiger partial charge in [0, 0.05) is 0 Å². The molecule has 164 valence electrons. The Kier molecular flexibility index (Phi) is 13.9. The maximum atomic E-state index is 12.5. The second kappa shape index (κ2) is 16.0. The van der Waals surface area contributed by atoms with Crippen LogP contribution in [0.1, 0.15) is 119 Å². The van der Waals surface area contributed by atoms with Crippen LogP contribution in [0.25, 0.3) is 0 Å². The van der Waals surface area contributed by atoms with Crippen LogP contribution in [0.2, 0.25) is 0 Å². The molecule has 0 amide bonds. The van der Waals surface area contributed by atoms with Crippen LogP contribution in [-0.4, -0.2) is 24.6 Å². The van der Waals surface area contributed by atoms with Gasteiger partial charge in [-0.05, 0) is 31.4 Å². The third-order valence-electron chi connectivity index (χ3n) is 5.19. The highest BCUT2D eigenvalue weighted by Crippen LogP contribution is 2.16. The van der Waals surface area contributed by atoms with Crippen molar-refractivity contribution in [3.05, 3.63) is 35.4 Å². The molecule has 0 aliphatic rings.